The Labute approximate surface area is 153 Å². The molecule has 1 aliphatic heterocycles. The van der Waals surface area contributed by atoms with Crippen LogP contribution >= 0.6 is 11.6 Å². The maximum absolute atomic E-state index is 12.7. The monoisotopic (exact) mass is 386 g/mol. The molecule has 140 valence electrons. The van der Waals surface area contributed by atoms with Gasteiger partial charge < -0.3 is 14.6 Å². The van der Waals surface area contributed by atoms with Crippen LogP contribution in [-0.2, 0) is 12.7 Å². The van der Waals surface area contributed by atoms with Crippen LogP contribution in [0.2, 0.25) is 5.02 Å². The summed E-state index contributed by atoms with van der Waals surface area (Å²) in [5.41, 5.74) is -0.836. The zero-order valence-electron chi connectivity index (χ0n) is 13.9. The van der Waals surface area contributed by atoms with Gasteiger partial charge in [-0.2, -0.15) is 13.2 Å². The van der Waals surface area contributed by atoms with Gasteiger partial charge in [0, 0.05) is 31.2 Å². The fourth-order valence-corrected chi connectivity index (χ4v) is 3.39. The van der Waals surface area contributed by atoms with Gasteiger partial charge in [-0.3, -0.25) is 0 Å². The van der Waals surface area contributed by atoms with Gasteiger partial charge in [0.05, 0.1) is 23.3 Å². The first-order valence-corrected chi connectivity index (χ1v) is 8.93. The topological polar surface area (TPSA) is 54.2 Å². The highest BCUT2D eigenvalue weighted by Crippen LogP contribution is 2.39. The molecule has 2 fully saturated rings. The minimum absolute atomic E-state index is 0.0183. The summed E-state index contributed by atoms with van der Waals surface area (Å²) >= 11 is 6.03. The molecule has 3 heterocycles. The van der Waals surface area contributed by atoms with Gasteiger partial charge in [0.15, 0.2) is 5.89 Å². The molecular weight excluding hydrogens is 369 g/mol. The minimum atomic E-state index is -4.44. The first-order valence-electron chi connectivity index (χ1n) is 8.56. The van der Waals surface area contributed by atoms with Crippen LogP contribution in [0.1, 0.15) is 42.4 Å². The number of oxazole rings is 1. The second-order valence-corrected chi connectivity index (χ2v) is 7.19. The summed E-state index contributed by atoms with van der Waals surface area (Å²) in [6, 6.07) is 1.11. The Hall–Kier alpha value is -1.80. The van der Waals surface area contributed by atoms with Crippen molar-refractivity contribution in [2.45, 2.75) is 43.9 Å². The van der Waals surface area contributed by atoms with Crippen LogP contribution in [0.15, 0.2) is 22.9 Å². The second-order valence-electron chi connectivity index (χ2n) is 6.78. The highest BCUT2D eigenvalue weighted by molar-refractivity contribution is 6.33. The number of pyridine rings is 1. The third-order valence-corrected chi connectivity index (χ3v) is 4.98. The van der Waals surface area contributed by atoms with Crippen LogP contribution in [-0.4, -0.2) is 29.1 Å². The number of nitrogens with zero attached hydrogens (tertiary/aromatic N) is 3. The lowest BCUT2D eigenvalue weighted by Gasteiger charge is -2.20. The molecule has 4 rings (SSSR count). The largest absolute Gasteiger partial charge is 0.444 e. The Bertz CT molecular complexity index is 791. The van der Waals surface area contributed by atoms with Gasteiger partial charge in [0.1, 0.15) is 11.6 Å². The first-order chi connectivity index (χ1) is 12.4. The van der Waals surface area contributed by atoms with Crippen molar-refractivity contribution in [3.8, 4) is 0 Å². The molecule has 1 atom stereocenters. The highest BCUT2D eigenvalue weighted by atomic mass is 35.5. The van der Waals surface area contributed by atoms with Crippen molar-refractivity contribution in [1.82, 2.24) is 15.3 Å². The van der Waals surface area contributed by atoms with E-state index in [1.165, 1.54) is 0 Å². The zero-order chi connectivity index (χ0) is 18.3. The molecule has 5 nitrogen and oxygen atoms in total. The van der Waals surface area contributed by atoms with E-state index < -0.39 is 11.7 Å². The van der Waals surface area contributed by atoms with E-state index >= 15 is 0 Å². The Morgan fingerprint density at radius 2 is 2.04 bits per heavy atom. The fraction of sp³-hybridized carbons (Fsp3) is 0.529. The molecule has 9 heteroatoms. The predicted molar refractivity (Wildman–Crippen MR) is 90.2 cm³/mol. The smallest absolute Gasteiger partial charge is 0.417 e. The van der Waals surface area contributed by atoms with Crippen molar-refractivity contribution in [1.29, 1.82) is 0 Å². The third kappa shape index (κ3) is 3.81. The molecule has 26 heavy (non-hydrogen) atoms. The number of rotatable bonds is 5. The number of aromatic nitrogens is 2. The standard InChI is InChI=1S/C17H18ClF3N4O/c18-14-5-11(17(19,20)21)6-23-15(14)25-4-3-12(9-25)22-7-13-8-24-16(26-13)10-1-2-10/h5-6,8,10,12,22H,1-4,7,9H2. The Morgan fingerprint density at radius 3 is 2.73 bits per heavy atom. The molecule has 1 unspecified atom stereocenters. The van der Waals surface area contributed by atoms with Gasteiger partial charge in [-0.25, -0.2) is 9.97 Å². The summed E-state index contributed by atoms with van der Waals surface area (Å²) in [6.07, 6.45) is 1.28. The van der Waals surface area contributed by atoms with E-state index in [0.29, 0.717) is 31.4 Å². The molecule has 0 spiro atoms. The molecular formula is C17H18ClF3N4O. The second kappa shape index (κ2) is 6.74. The van der Waals surface area contributed by atoms with Crippen LogP contribution in [0.5, 0.6) is 0 Å². The summed E-state index contributed by atoms with van der Waals surface area (Å²) < 4.78 is 43.9. The van der Waals surface area contributed by atoms with Gasteiger partial charge in [-0.1, -0.05) is 11.6 Å². The Kier molecular flexibility index (Phi) is 4.56. The Morgan fingerprint density at radius 1 is 1.23 bits per heavy atom. The number of anilines is 1. The van der Waals surface area contributed by atoms with Crippen LogP contribution in [0.25, 0.3) is 0 Å². The minimum Gasteiger partial charge on any atom is -0.444 e. The van der Waals surface area contributed by atoms with E-state index in [-0.39, 0.29) is 11.1 Å². The van der Waals surface area contributed by atoms with Crippen molar-refractivity contribution < 1.29 is 17.6 Å². The van der Waals surface area contributed by atoms with Crippen molar-refractivity contribution in [2.24, 2.45) is 0 Å². The molecule has 1 saturated heterocycles. The van der Waals surface area contributed by atoms with E-state index in [1.807, 2.05) is 4.90 Å². The van der Waals surface area contributed by atoms with Crippen molar-refractivity contribution >= 4 is 17.4 Å². The fourth-order valence-electron chi connectivity index (χ4n) is 3.11. The van der Waals surface area contributed by atoms with Crippen molar-refractivity contribution in [3.05, 3.63) is 40.7 Å². The van der Waals surface area contributed by atoms with Crippen LogP contribution in [0, 0.1) is 0 Å². The molecule has 1 saturated carbocycles. The summed E-state index contributed by atoms with van der Waals surface area (Å²) in [5.74, 6) is 2.49. The molecule has 0 radical (unpaired) electrons. The third-order valence-electron chi connectivity index (χ3n) is 4.70. The molecule has 0 amide bonds. The van der Waals surface area contributed by atoms with E-state index in [0.717, 1.165) is 43.2 Å². The molecule has 2 aromatic heterocycles. The van der Waals surface area contributed by atoms with Gasteiger partial charge in [-0.05, 0) is 25.3 Å². The molecule has 0 bridgehead atoms. The van der Waals surface area contributed by atoms with Gasteiger partial charge in [0.25, 0.3) is 0 Å². The zero-order valence-corrected chi connectivity index (χ0v) is 14.6. The van der Waals surface area contributed by atoms with Crippen LogP contribution in [0.3, 0.4) is 0 Å². The average Bonchev–Trinajstić information content (AvgIpc) is 3.15. The number of halogens is 4. The SMILES string of the molecule is FC(F)(F)c1cnc(N2CCC(NCc3cnc(C4CC4)o3)C2)c(Cl)c1. The average molecular weight is 387 g/mol. The normalized spacial score (nSPS) is 20.8. The van der Waals surface area contributed by atoms with Crippen LogP contribution < -0.4 is 10.2 Å². The van der Waals surface area contributed by atoms with E-state index in [4.69, 9.17) is 16.0 Å². The van der Waals surface area contributed by atoms with Gasteiger partial charge >= 0.3 is 6.18 Å². The molecule has 1 N–H and O–H groups in total. The van der Waals surface area contributed by atoms with Crippen molar-refractivity contribution in [3.63, 3.8) is 0 Å². The van der Waals surface area contributed by atoms with Crippen LogP contribution in [0.4, 0.5) is 19.0 Å². The van der Waals surface area contributed by atoms with E-state index in [2.05, 4.69) is 15.3 Å². The lowest BCUT2D eigenvalue weighted by atomic mass is 10.2. The molecule has 0 aromatic carbocycles. The maximum atomic E-state index is 12.7. The van der Waals surface area contributed by atoms with E-state index in [9.17, 15) is 13.2 Å². The lowest BCUT2D eigenvalue weighted by molar-refractivity contribution is -0.137. The summed E-state index contributed by atoms with van der Waals surface area (Å²) in [7, 11) is 0. The number of hydrogen-bond acceptors (Lipinski definition) is 5. The number of hydrogen-bond donors (Lipinski definition) is 1. The summed E-state index contributed by atoms with van der Waals surface area (Å²) in [6.45, 7) is 1.88. The van der Waals surface area contributed by atoms with E-state index in [1.54, 1.807) is 6.20 Å². The maximum Gasteiger partial charge on any atom is 0.417 e. The van der Waals surface area contributed by atoms with Crippen molar-refractivity contribution in [2.75, 3.05) is 18.0 Å². The van der Waals surface area contributed by atoms with Gasteiger partial charge in [0.2, 0.25) is 0 Å². The van der Waals surface area contributed by atoms with Gasteiger partial charge in [-0.15, -0.1) is 0 Å². The summed E-state index contributed by atoms with van der Waals surface area (Å²) in [5, 5.41) is 3.42. The lowest BCUT2D eigenvalue weighted by Crippen LogP contribution is -2.32. The molecule has 2 aliphatic rings. The quantitative estimate of drug-likeness (QED) is 0.842. The highest BCUT2D eigenvalue weighted by Gasteiger charge is 2.33. The first kappa shape index (κ1) is 17.6. The molecule has 2 aromatic rings. The number of alkyl halides is 3. The summed E-state index contributed by atoms with van der Waals surface area (Å²) in [4.78, 5) is 10.1. The Balaban J connectivity index is 1.34. The predicted octanol–water partition coefficient (Wildman–Crippen LogP) is 3.99. The molecule has 1 aliphatic carbocycles. The number of nitrogens with one attached hydrogen (secondary N) is 1.